The molecule has 1 aliphatic heterocycles. The molecule has 0 radical (unpaired) electrons. The van der Waals surface area contributed by atoms with Crippen molar-refractivity contribution < 1.29 is 14.3 Å². The van der Waals surface area contributed by atoms with Gasteiger partial charge >= 0.3 is 0 Å². The van der Waals surface area contributed by atoms with Crippen molar-refractivity contribution in [3.05, 3.63) is 0 Å². The number of ether oxygens (including phenoxy) is 2. The highest BCUT2D eigenvalue weighted by molar-refractivity contribution is 5.86. The van der Waals surface area contributed by atoms with Crippen LogP contribution in [-0.2, 0) is 14.3 Å². The molecule has 2 aliphatic carbocycles. The van der Waals surface area contributed by atoms with Gasteiger partial charge in [0.05, 0.1) is 18.6 Å². The van der Waals surface area contributed by atoms with Crippen molar-refractivity contribution in [1.82, 2.24) is 0 Å². The first-order valence-electron chi connectivity index (χ1n) is 7.10. The quantitative estimate of drug-likeness (QED) is 0.651. The van der Waals surface area contributed by atoms with Crippen molar-refractivity contribution >= 4 is 5.78 Å². The standard InChI is InChI=1S/C14H22O3/c15-12-6-2-1-3-7-13(12)8-4-5-9-14(13)16-10-11-17-14/h1-11H2. The average molecular weight is 238 g/mol. The van der Waals surface area contributed by atoms with Gasteiger partial charge in [0.25, 0.3) is 0 Å². The molecule has 0 aromatic rings. The molecule has 0 aromatic heterocycles. The van der Waals surface area contributed by atoms with Crippen molar-refractivity contribution in [3.8, 4) is 0 Å². The zero-order valence-electron chi connectivity index (χ0n) is 10.5. The van der Waals surface area contributed by atoms with Crippen LogP contribution in [0.5, 0.6) is 0 Å². The Kier molecular flexibility index (Phi) is 2.99. The average Bonchev–Trinajstić information content (AvgIpc) is 2.73. The Morgan fingerprint density at radius 3 is 2.24 bits per heavy atom. The van der Waals surface area contributed by atoms with E-state index >= 15 is 0 Å². The third-order valence-electron chi connectivity index (χ3n) is 4.88. The molecule has 3 nitrogen and oxygen atoms in total. The monoisotopic (exact) mass is 238 g/mol. The summed E-state index contributed by atoms with van der Waals surface area (Å²) in [7, 11) is 0. The number of hydrogen-bond donors (Lipinski definition) is 0. The molecule has 96 valence electrons. The molecule has 0 amide bonds. The number of hydrogen-bond acceptors (Lipinski definition) is 3. The Labute approximate surface area is 103 Å². The highest BCUT2D eigenvalue weighted by Crippen LogP contribution is 2.54. The zero-order valence-corrected chi connectivity index (χ0v) is 10.5. The van der Waals surface area contributed by atoms with Crippen molar-refractivity contribution in [2.45, 2.75) is 63.6 Å². The Hall–Kier alpha value is -0.410. The van der Waals surface area contributed by atoms with Crippen LogP contribution in [0.3, 0.4) is 0 Å². The van der Waals surface area contributed by atoms with E-state index in [4.69, 9.17) is 9.47 Å². The maximum absolute atomic E-state index is 12.6. The molecule has 3 heteroatoms. The molecule has 2 spiro atoms. The van der Waals surface area contributed by atoms with E-state index < -0.39 is 5.79 Å². The first kappa shape index (κ1) is 11.7. The smallest absolute Gasteiger partial charge is 0.180 e. The predicted octanol–water partition coefficient (Wildman–Crippen LogP) is 2.82. The molecular weight excluding hydrogens is 216 g/mol. The van der Waals surface area contributed by atoms with Crippen LogP contribution in [0.15, 0.2) is 0 Å². The highest BCUT2D eigenvalue weighted by Gasteiger charge is 2.60. The minimum absolute atomic E-state index is 0.307. The summed E-state index contributed by atoms with van der Waals surface area (Å²) in [6, 6.07) is 0. The lowest BCUT2D eigenvalue weighted by Crippen LogP contribution is -2.55. The van der Waals surface area contributed by atoms with Crippen LogP contribution in [0.25, 0.3) is 0 Å². The van der Waals surface area contributed by atoms with Crippen LogP contribution < -0.4 is 0 Å². The minimum Gasteiger partial charge on any atom is -0.346 e. The maximum Gasteiger partial charge on any atom is 0.180 e. The van der Waals surface area contributed by atoms with E-state index in [1.807, 2.05) is 0 Å². The summed E-state index contributed by atoms with van der Waals surface area (Å²) >= 11 is 0. The van der Waals surface area contributed by atoms with E-state index in [0.717, 1.165) is 51.4 Å². The van der Waals surface area contributed by atoms with Gasteiger partial charge < -0.3 is 9.47 Å². The topological polar surface area (TPSA) is 35.5 Å². The number of ketones is 1. The Bertz CT molecular complexity index is 307. The van der Waals surface area contributed by atoms with Crippen molar-refractivity contribution in [3.63, 3.8) is 0 Å². The van der Waals surface area contributed by atoms with E-state index in [-0.39, 0.29) is 5.41 Å². The molecule has 0 bridgehead atoms. The number of carbonyl (C=O) groups excluding carboxylic acids is 1. The zero-order chi connectivity index (χ0) is 11.8. The lowest BCUT2D eigenvalue weighted by Gasteiger charge is -2.48. The molecule has 3 fully saturated rings. The minimum atomic E-state index is -0.549. The van der Waals surface area contributed by atoms with Gasteiger partial charge in [0.2, 0.25) is 0 Å². The summed E-state index contributed by atoms with van der Waals surface area (Å²) in [5.41, 5.74) is -0.307. The number of rotatable bonds is 0. The third kappa shape index (κ3) is 1.66. The highest BCUT2D eigenvalue weighted by atomic mass is 16.7. The molecule has 1 atom stereocenters. The molecule has 1 unspecified atom stereocenters. The van der Waals surface area contributed by atoms with E-state index in [2.05, 4.69) is 0 Å². The Balaban J connectivity index is 1.97. The molecule has 1 saturated heterocycles. The first-order valence-corrected chi connectivity index (χ1v) is 7.10. The summed E-state index contributed by atoms with van der Waals surface area (Å²) in [5, 5.41) is 0. The molecular formula is C14H22O3. The van der Waals surface area contributed by atoms with Crippen molar-refractivity contribution in [2.24, 2.45) is 5.41 Å². The summed E-state index contributed by atoms with van der Waals surface area (Å²) in [6.45, 7) is 1.32. The van der Waals surface area contributed by atoms with E-state index in [1.165, 1.54) is 6.42 Å². The molecule has 2 saturated carbocycles. The van der Waals surface area contributed by atoms with Gasteiger partial charge in [0, 0.05) is 12.8 Å². The fraction of sp³-hybridized carbons (Fsp3) is 0.929. The fourth-order valence-electron chi connectivity index (χ4n) is 4.02. The molecule has 3 rings (SSSR count). The Morgan fingerprint density at radius 2 is 1.47 bits per heavy atom. The number of Topliss-reactive ketones (excluding diaryl/α,β-unsaturated/α-hetero) is 1. The Morgan fingerprint density at radius 1 is 0.824 bits per heavy atom. The van der Waals surface area contributed by atoms with Crippen LogP contribution >= 0.6 is 0 Å². The summed E-state index contributed by atoms with van der Waals surface area (Å²) < 4.78 is 11.9. The number of fused-ring (bicyclic) bond motifs is 1. The molecule has 0 N–H and O–H groups in total. The SMILES string of the molecule is O=C1CCCCCC12CCCCC21OCCO1. The van der Waals surface area contributed by atoms with Crippen LogP contribution in [0.4, 0.5) is 0 Å². The summed E-state index contributed by atoms with van der Waals surface area (Å²) in [4.78, 5) is 12.6. The third-order valence-corrected chi connectivity index (χ3v) is 4.88. The first-order chi connectivity index (χ1) is 8.29. The second-order valence-electron chi connectivity index (χ2n) is 5.72. The van der Waals surface area contributed by atoms with Gasteiger partial charge in [-0.3, -0.25) is 4.79 Å². The van der Waals surface area contributed by atoms with Gasteiger partial charge in [-0.15, -0.1) is 0 Å². The summed E-state index contributed by atoms with van der Waals surface area (Å²) in [6.07, 6.45) is 9.28. The van der Waals surface area contributed by atoms with E-state index in [1.54, 1.807) is 0 Å². The van der Waals surface area contributed by atoms with Crippen LogP contribution in [0.2, 0.25) is 0 Å². The molecule has 17 heavy (non-hydrogen) atoms. The van der Waals surface area contributed by atoms with Crippen LogP contribution in [0, 0.1) is 5.41 Å². The second-order valence-corrected chi connectivity index (χ2v) is 5.72. The molecule has 1 heterocycles. The second kappa shape index (κ2) is 4.36. The number of carbonyl (C=O) groups is 1. The van der Waals surface area contributed by atoms with Crippen LogP contribution in [-0.4, -0.2) is 24.8 Å². The lowest BCUT2D eigenvalue weighted by molar-refractivity contribution is -0.250. The normalized spacial score (nSPS) is 37.5. The largest absolute Gasteiger partial charge is 0.346 e. The molecule has 0 aromatic carbocycles. The van der Waals surface area contributed by atoms with Gasteiger partial charge in [-0.2, -0.15) is 0 Å². The van der Waals surface area contributed by atoms with E-state index in [9.17, 15) is 4.79 Å². The fourth-order valence-corrected chi connectivity index (χ4v) is 4.02. The van der Waals surface area contributed by atoms with Gasteiger partial charge in [0.15, 0.2) is 5.79 Å². The molecule has 3 aliphatic rings. The maximum atomic E-state index is 12.6. The van der Waals surface area contributed by atoms with Gasteiger partial charge in [-0.25, -0.2) is 0 Å². The van der Waals surface area contributed by atoms with Crippen LogP contribution in [0.1, 0.15) is 57.8 Å². The summed E-state index contributed by atoms with van der Waals surface area (Å²) in [5.74, 6) is -0.135. The van der Waals surface area contributed by atoms with Crippen molar-refractivity contribution in [1.29, 1.82) is 0 Å². The van der Waals surface area contributed by atoms with Crippen molar-refractivity contribution in [2.75, 3.05) is 13.2 Å². The predicted molar refractivity (Wildman–Crippen MR) is 63.6 cm³/mol. The van der Waals surface area contributed by atoms with Gasteiger partial charge in [0.1, 0.15) is 5.78 Å². The van der Waals surface area contributed by atoms with Gasteiger partial charge in [-0.05, 0) is 25.7 Å². The van der Waals surface area contributed by atoms with E-state index in [0.29, 0.717) is 19.0 Å². The lowest BCUT2D eigenvalue weighted by atomic mass is 9.64. The van der Waals surface area contributed by atoms with Gasteiger partial charge in [-0.1, -0.05) is 19.3 Å².